The van der Waals surface area contributed by atoms with E-state index in [0.29, 0.717) is 0 Å². The normalized spacial score (nSPS) is 22.7. The zero-order valence-electron chi connectivity index (χ0n) is 20.7. The summed E-state index contributed by atoms with van der Waals surface area (Å²) < 4.78 is 0. The number of hydrogen-bond donors (Lipinski definition) is 1. The molecule has 0 spiro atoms. The molecule has 30 heavy (non-hydrogen) atoms. The molecule has 0 saturated carbocycles. The zero-order chi connectivity index (χ0) is 22.1. The molecule has 0 bridgehead atoms. The van der Waals surface area contributed by atoms with Crippen molar-refractivity contribution in [1.29, 1.82) is 0 Å². The largest absolute Gasteiger partial charge is 0.355 e. The highest BCUT2D eigenvalue weighted by atomic mass is 14.9. The van der Waals surface area contributed by atoms with Crippen LogP contribution in [0.1, 0.15) is 109 Å². The van der Waals surface area contributed by atoms with Crippen molar-refractivity contribution in [2.75, 3.05) is 5.32 Å². The van der Waals surface area contributed by atoms with Gasteiger partial charge in [-0.3, -0.25) is 0 Å². The Morgan fingerprint density at radius 3 is 1.53 bits per heavy atom. The highest BCUT2D eigenvalue weighted by molar-refractivity contribution is 5.68. The van der Waals surface area contributed by atoms with Crippen LogP contribution in [0.4, 0.5) is 11.4 Å². The molecule has 4 rings (SSSR count). The maximum atomic E-state index is 3.80. The molecule has 0 aliphatic heterocycles. The van der Waals surface area contributed by atoms with Gasteiger partial charge in [0.05, 0.1) is 0 Å². The number of anilines is 2. The fourth-order valence-electron chi connectivity index (χ4n) is 5.68. The molecular formula is C29H41N. The monoisotopic (exact) mass is 403 g/mol. The molecule has 2 aliphatic rings. The minimum Gasteiger partial charge on any atom is -0.355 e. The summed E-state index contributed by atoms with van der Waals surface area (Å²) in [4.78, 5) is 0. The van der Waals surface area contributed by atoms with Crippen LogP contribution in [-0.2, 0) is 21.7 Å². The van der Waals surface area contributed by atoms with Crippen molar-refractivity contribution in [3.8, 4) is 0 Å². The molecule has 2 aliphatic carbocycles. The summed E-state index contributed by atoms with van der Waals surface area (Å²) in [5, 5.41) is 3.80. The molecular weight excluding hydrogens is 362 g/mol. The average molecular weight is 404 g/mol. The Balaban J connectivity index is 1.76. The Kier molecular flexibility index (Phi) is 4.74. The number of hydrogen-bond acceptors (Lipinski definition) is 1. The lowest BCUT2D eigenvalue weighted by atomic mass is 9.62. The maximum absolute atomic E-state index is 3.80. The second-order valence-corrected chi connectivity index (χ2v) is 12.6. The molecule has 162 valence electrons. The van der Waals surface area contributed by atoms with Crippen molar-refractivity contribution in [1.82, 2.24) is 0 Å². The summed E-state index contributed by atoms with van der Waals surface area (Å²) in [6.07, 6.45) is 5.01. The van der Waals surface area contributed by atoms with Crippen molar-refractivity contribution < 1.29 is 0 Å². The van der Waals surface area contributed by atoms with Gasteiger partial charge in [0.15, 0.2) is 0 Å². The van der Waals surface area contributed by atoms with Gasteiger partial charge < -0.3 is 5.32 Å². The first-order valence-electron chi connectivity index (χ1n) is 11.8. The van der Waals surface area contributed by atoms with E-state index in [4.69, 9.17) is 0 Å². The van der Waals surface area contributed by atoms with Gasteiger partial charge in [-0.25, -0.2) is 0 Å². The lowest BCUT2D eigenvalue weighted by Gasteiger charge is -2.42. The van der Waals surface area contributed by atoms with E-state index in [1.165, 1.54) is 64.9 Å². The summed E-state index contributed by atoms with van der Waals surface area (Å²) in [5.74, 6) is 0. The third kappa shape index (κ3) is 3.49. The summed E-state index contributed by atoms with van der Waals surface area (Å²) in [6.45, 7) is 21.5. The molecule has 0 unspecified atom stereocenters. The van der Waals surface area contributed by atoms with E-state index in [1.54, 1.807) is 0 Å². The summed E-state index contributed by atoms with van der Waals surface area (Å²) in [5.41, 5.74) is 10.9. The molecule has 1 N–H and O–H groups in total. The van der Waals surface area contributed by atoms with E-state index in [-0.39, 0.29) is 21.7 Å². The molecule has 0 atom stereocenters. The molecule has 0 amide bonds. The van der Waals surface area contributed by atoms with Crippen LogP contribution in [0.2, 0.25) is 0 Å². The van der Waals surface area contributed by atoms with Crippen molar-refractivity contribution in [2.45, 2.75) is 110 Å². The van der Waals surface area contributed by atoms with Gasteiger partial charge in [0.2, 0.25) is 0 Å². The fraction of sp³-hybridized carbons (Fsp3) is 0.586. The van der Waals surface area contributed by atoms with Crippen LogP contribution in [0.5, 0.6) is 0 Å². The van der Waals surface area contributed by atoms with Gasteiger partial charge in [-0.1, -0.05) is 67.5 Å². The Morgan fingerprint density at radius 1 is 0.567 bits per heavy atom. The van der Waals surface area contributed by atoms with Crippen molar-refractivity contribution in [3.05, 3.63) is 58.1 Å². The zero-order valence-corrected chi connectivity index (χ0v) is 20.7. The number of rotatable bonds is 2. The molecule has 0 fully saturated rings. The van der Waals surface area contributed by atoms with Gasteiger partial charge in [0.25, 0.3) is 0 Å². The van der Waals surface area contributed by atoms with Gasteiger partial charge in [-0.2, -0.15) is 0 Å². The molecule has 2 aromatic carbocycles. The van der Waals surface area contributed by atoms with Crippen LogP contribution in [0.25, 0.3) is 0 Å². The standard InChI is InChI=1S/C29H41N/c1-19-16-22-24(29(8,9)15-14-27(22,4)5)18-25(19)30-20-10-11-21-23(17-20)28(6,7)13-12-26(21,2)3/h10-11,16-18,30H,12-15H2,1-9H3. The first-order valence-corrected chi connectivity index (χ1v) is 11.8. The van der Waals surface area contributed by atoms with Gasteiger partial charge in [-0.15, -0.1) is 0 Å². The Labute approximate surface area is 184 Å². The van der Waals surface area contributed by atoms with Crippen LogP contribution < -0.4 is 5.32 Å². The molecule has 2 aromatic rings. The molecule has 1 nitrogen and oxygen atoms in total. The number of nitrogens with one attached hydrogen (secondary N) is 1. The van der Waals surface area contributed by atoms with Crippen molar-refractivity contribution >= 4 is 11.4 Å². The van der Waals surface area contributed by atoms with Gasteiger partial charge in [0.1, 0.15) is 0 Å². The number of benzene rings is 2. The quantitative estimate of drug-likeness (QED) is 0.530. The lowest BCUT2D eigenvalue weighted by Crippen LogP contribution is -2.34. The van der Waals surface area contributed by atoms with Crippen LogP contribution >= 0.6 is 0 Å². The fourth-order valence-corrected chi connectivity index (χ4v) is 5.68. The Morgan fingerprint density at radius 2 is 1.00 bits per heavy atom. The highest BCUT2D eigenvalue weighted by Crippen LogP contribution is 2.49. The van der Waals surface area contributed by atoms with Gasteiger partial charge in [-0.05, 0) is 100 Å². The third-order valence-corrected chi connectivity index (χ3v) is 8.33. The van der Waals surface area contributed by atoms with Crippen molar-refractivity contribution in [2.24, 2.45) is 0 Å². The lowest BCUT2D eigenvalue weighted by molar-refractivity contribution is 0.332. The molecule has 0 radical (unpaired) electrons. The second-order valence-electron chi connectivity index (χ2n) is 12.6. The second kappa shape index (κ2) is 6.62. The first kappa shape index (κ1) is 21.5. The summed E-state index contributed by atoms with van der Waals surface area (Å²) in [7, 11) is 0. The van der Waals surface area contributed by atoms with Crippen LogP contribution in [0, 0.1) is 6.92 Å². The maximum Gasteiger partial charge on any atom is 0.0417 e. The predicted molar refractivity (Wildman–Crippen MR) is 131 cm³/mol. The summed E-state index contributed by atoms with van der Waals surface area (Å²) in [6, 6.07) is 12.0. The van der Waals surface area contributed by atoms with Crippen LogP contribution in [0.3, 0.4) is 0 Å². The smallest absolute Gasteiger partial charge is 0.0417 e. The average Bonchev–Trinajstić information content (AvgIpc) is 2.64. The minimum absolute atomic E-state index is 0.233. The van der Waals surface area contributed by atoms with E-state index in [1.807, 2.05) is 0 Å². The molecule has 0 saturated heterocycles. The highest BCUT2D eigenvalue weighted by Gasteiger charge is 2.38. The van der Waals surface area contributed by atoms with E-state index in [0.717, 1.165) is 0 Å². The Bertz CT molecular complexity index is 988. The molecule has 0 aromatic heterocycles. The minimum atomic E-state index is 0.233. The number of aryl methyl sites for hydroxylation is 1. The molecule has 1 heteroatoms. The van der Waals surface area contributed by atoms with Gasteiger partial charge >= 0.3 is 0 Å². The van der Waals surface area contributed by atoms with Crippen molar-refractivity contribution in [3.63, 3.8) is 0 Å². The van der Waals surface area contributed by atoms with E-state index in [2.05, 4.69) is 98.0 Å². The predicted octanol–water partition coefficient (Wildman–Crippen LogP) is 8.44. The van der Waals surface area contributed by atoms with Gasteiger partial charge in [0, 0.05) is 11.4 Å². The summed E-state index contributed by atoms with van der Waals surface area (Å²) >= 11 is 0. The Hall–Kier alpha value is -1.76. The number of fused-ring (bicyclic) bond motifs is 2. The molecule has 0 heterocycles. The van der Waals surface area contributed by atoms with Crippen LogP contribution in [-0.4, -0.2) is 0 Å². The van der Waals surface area contributed by atoms with E-state index < -0.39 is 0 Å². The topological polar surface area (TPSA) is 12.0 Å². The third-order valence-electron chi connectivity index (χ3n) is 8.33. The SMILES string of the molecule is Cc1cc2c(cc1Nc1ccc3c(c1)C(C)(C)CCC3(C)C)C(C)(C)CCC2(C)C. The first-order chi connectivity index (χ1) is 13.7. The van der Waals surface area contributed by atoms with Crippen LogP contribution in [0.15, 0.2) is 30.3 Å². The van der Waals surface area contributed by atoms with E-state index in [9.17, 15) is 0 Å². The van der Waals surface area contributed by atoms with E-state index >= 15 is 0 Å².